The van der Waals surface area contributed by atoms with E-state index in [1.165, 1.54) is 17.2 Å². The number of aromatic nitrogens is 4. The van der Waals surface area contributed by atoms with Crippen LogP contribution >= 0.6 is 0 Å². The number of fused-ring (bicyclic) bond motifs is 3. The first-order valence-electron chi connectivity index (χ1n) is 7.29. The van der Waals surface area contributed by atoms with Crippen LogP contribution in [0, 0.1) is 0 Å². The van der Waals surface area contributed by atoms with Crippen molar-refractivity contribution in [1.29, 1.82) is 0 Å². The van der Waals surface area contributed by atoms with Crippen molar-refractivity contribution < 1.29 is 4.74 Å². The third-order valence-corrected chi connectivity index (χ3v) is 3.70. The van der Waals surface area contributed by atoms with Gasteiger partial charge in [0.25, 0.3) is 5.56 Å². The average Bonchev–Trinajstić information content (AvgIpc) is 3.00. The average molecular weight is 319 g/mol. The zero-order valence-electron chi connectivity index (χ0n) is 12.8. The van der Waals surface area contributed by atoms with Gasteiger partial charge in [0, 0.05) is 17.1 Å². The maximum atomic E-state index is 12.6. The lowest BCUT2D eigenvalue weighted by Gasteiger charge is -1.99. The van der Waals surface area contributed by atoms with E-state index in [1.807, 2.05) is 30.3 Å². The first-order chi connectivity index (χ1) is 11.8. The van der Waals surface area contributed by atoms with Crippen molar-refractivity contribution in [2.45, 2.75) is 0 Å². The molecule has 7 nitrogen and oxygen atoms in total. The maximum Gasteiger partial charge on any atom is 0.298 e. The van der Waals surface area contributed by atoms with Crippen molar-refractivity contribution in [2.24, 2.45) is 5.10 Å². The molecule has 0 atom stereocenters. The Morgan fingerprint density at radius 3 is 2.96 bits per heavy atom. The minimum Gasteiger partial charge on any atom is -0.497 e. The molecule has 0 aliphatic rings. The molecular weight excluding hydrogens is 306 g/mol. The largest absolute Gasteiger partial charge is 0.497 e. The lowest BCUT2D eigenvalue weighted by Crippen LogP contribution is -2.17. The zero-order chi connectivity index (χ0) is 16.5. The number of hydrogen-bond donors (Lipinski definition) is 1. The van der Waals surface area contributed by atoms with Gasteiger partial charge in [-0.25, -0.2) is 4.98 Å². The zero-order valence-corrected chi connectivity index (χ0v) is 12.8. The molecule has 0 saturated carbocycles. The van der Waals surface area contributed by atoms with Crippen LogP contribution in [0.4, 0.5) is 0 Å². The molecule has 3 heterocycles. The van der Waals surface area contributed by atoms with Crippen molar-refractivity contribution in [3.05, 3.63) is 65.0 Å². The summed E-state index contributed by atoms with van der Waals surface area (Å²) in [4.78, 5) is 24.2. The Balaban J connectivity index is 1.85. The minimum atomic E-state index is -0.276. The van der Waals surface area contributed by atoms with Crippen molar-refractivity contribution in [3.63, 3.8) is 0 Å². The van der Waals surface area contributed by atoms with Crippen molar-refractivity contribution in [3.8, 4) is 5.75 Å². The second kappa shape index (κ2) is 5.62. The Kier molecular flexibility index (Phi) is 3.31. The molecule has 0 amide bonds. The van der Waals surface area contributed by atoms with Crippen LogP contribution in [0.5, 0.6) is 5.75 Å². The summed E-state index contributed by atoms with van der Waals surface area (Å²) in [5.41, 5.74) is 2.20. The monoisotopic (exact) mass is 319 g/mol. The summed E-state index contributed by atoms with van der Waals surface area (Å²) >= 11 is 0. The van der Waals surface area contributed by atoms with Gasteiger partial charge in [0.15, 0.2) is 0 Å². The maximum absolute atomic E-state index is 12.6. The van der Waals surface area contributed by atoms with Gasteiger partial charge in [-0.2, -0.15) is 9.78 Å². The molecule has 0 bridgehead atoms. The summed E-state index contributed by atoms with van der Waals surface area (Å²) in [5.74, 6) is 0.711. The lowest BCUT2D eigenvalue weighted by atomic mass is 10.2. The topological polar surface area (TPSA) is 85.2 Å². The van der Waals surface area contributed by atoms with Crippen LogP contribution in [0.1, 0.15) is 5.69 Å². The molecule has 3 aromatic heterocycles. The SMILES string of the molecule is COc1ccc2[nH]c3c(=O)n(/N=C\c4ccccn4)cnc3c2c1. The van der Waals surface area contributed by atoms with Crippen LogP contribution in [0.25, 0.3) is 21.9 Å². The Labute approximate surface area is 136 Å². The van der Waals surface area contributed by atoms with Gasteiger partial charge >= 0.3 is 0 Å². The summed E-state index contributed by atoms with van der Waals surface area (Å²) in [7, 11) is 1.60. The van der Waals surface area contributed by atoms with Gasteiger partial charge in [-0.3, -0.25) is 9.78 Å². The quantitative estimate of drug-likeness (QED) is 0.586. The van der Waals surface area contributed by atoms with Gasteiger partial charge in [-0.15, -0.1) is 0 Å². The number of nitrogens with one attached hydrogen (secondary N) is 1. The van der Waals surface area contributed by atoms with Gasteiger partial charge in [0.2, 0.25) is 0 Å². The molecule has 4 aromatic rings. The third kappa shape index (κ3) is 2.32. The smallest absolute Gasteiger partial charge is 0.298 e. The Morgan fingerprint density at radius 1 is 1.25 bits per heavy atom. The molecule has 1 aromatic carbocycles. The number of aromatic amines is 1. The molecule has 0 saturated heterocycles. The number of nitrogens with zero attached hydrogens (tertiary/aromatic N) is 4. The molecule has 0 radical (unpaired) electrons. The summed E-state index contributed by atoms with van der Waals surface area (Å²) < 4.78 is 6.41. The molecule has 0 fully saturated rings. The molecule has 118 valence electrons. The number of benzene rings is 1. The van der Waals surface area contributed by atoms with Crippen LogP contribution in [0.15, 0.2) is 58.8 Å². The van der Waals surface area contributed by atoms with Crippen LogP contribution in [0.2, 0.25) is 0 Å². The molecule has 0 aliphatic carbocycles. The highest BCUT2D eigenvalue weighted by molar-refractivity contribution is 6.04. The number of hydrogen-bond acceptors (Lipinski definition) is 5. The van der Waals surface area contributed by atoms with E-state index in [-0.39, 0.29) is 5.56 Å². The molecular formula is C17H13N5O2. The Hall–Kier alpha value is -3.48. The van der Waals surface area contributed by atoms with Gasteiger partial charge in [-0.1, -0.05) is 6.07 Å². The molecule has 4 rings (SSSR count). The van der Waals surface area contributed by atoms with E-state index in [4.69, 9.17) is 4.74 Å². The summed E-state index contributed by atoms with van der Waals surface area (Å²) in [6.07, 6.45) is 4.58. The summed E-state index contributed by atoms with van der Waals surface area (Å²) in [6.45, 7) is 0. The predicted octanol–water partition coefficient (Wildman–Crippen LogP) is 2.16. The summed E-state index contributed by atoms with van der Waals surface area (Å²) in [6, 6.07) is 11.0. The normalized spacial score (nSPS) is 11.5. The second-order valence-electron chi connectivity index (χ2n) is 5.15. The standard InChI is InChI=1S/C17H13N5O2/c1-24-12-5-6-14-13(8-12)15-16(21-14)17(23)22(10-19-15)20-9-11-4-2-3-7-18-11/h2-10,21H,1H3/b20-9-. The van der Waals surface area contributed by atoms with E-state index in [1.54, 1.807) is 19.4 Å². The second-order valence-corrected chi connectivity index (χ2v) is 5.15. The van der Waals surface area contributed by atoms with Gasteiger partial charge < -0.3 is 9.72 Å². The first-order valence-corrected chi connectivity index (χ1v) is 7.29. The van der Waals surface area contributed by atoms with Gasteiger partial charge in [-0.05, 0) is 30.3 Å². The molecule has 7 heteroatoms. The summed E-state index contributed by atoms with van der Waals surface area (Å²) in [5, 5.41) is 4.97. The number of H-pyrrole nitrogens is 1. The van der Waals surface area contributed by atoms with Crippen molar-refractivity contribution in [1.82, 2.24) is 19.6 Å². The molecule has 0 unspecified atom stereocenters. The van der Waals surface area contributed by atoms with Crippen LogP contribution in [-0.4, -0.2) is 33.0 Å². The highest BCUT2D eigenvalue weighted by Crippen LogP contribution is 2.25. The van der Waals surface area contributed by atoms with Crippen LogP contribution < -0.4 is 10.3 Å². The Morgan fingerprint density at radius 2 is 2.17 bits per heavy atom. The lowest BCUT2D eigenvalue weighted by molar-refractivity contribution is 0.415. The molecule has 0 aliphatic heterocycles. The third-order valence-electron chi connectivity index (χ3n) is 3.70. The van der Waals surface area contributed by atoms with Gasteiger partial charge in [0.05, 0.1) is 19.0 Å². The van der Waals surface area contributed by atoms with Crippen LogP contribution in [-0.2, 0) is 0 Å². The number of ether oxygens (including phenoxy) is 1. The van der Waals surface area contributed by atoms with Crippen molar-refractivity contribution >= 4 is 28.2 Å². The van der Waals surface area contributed by atoms with E-state index < -0.39 is 0 Å². The van der Waals surface area contributed by atoms with E-state index in [0.29, 0.717) is 22.5 Å². The first kappa shape index (κ1) is 14.1. The Bertz CT molecular complexity index is 1110. The number of rotatable bonds is 3. The fourth-order valence-electron chi connectivity index (χ4n) is 2.51. The van der Waals surface area contributed by atoms with Gasteiger partial charge in [0.1, 0.15) is 23.1 Å². The highest BCUT2D eigenvalue weighted by atomic mass is 16.5. The van der Waals surface area contributed by atoms with E-state index in [0.717, 1.165) is 10.9 Å². The predicted molar refractivity (Wildman–Crippen MR) is 91.6 cm³/mol. The van der Waals surface area contributed by atoms with E-state index >= 15 is 0 Å². The van der Waals surface area contributed by atoms with Crippen molar-refractivity contribution in [2.75, 3.05) is 7.11 Å². The van der Waals surface area contributed by atoms with E-state index in [2.05, 4.69) is 20.1 Å². The minimum absolute atomic E-state index is 0.276. The molecule has 1 N–H and O–H groups in total. The van der Waals surface area contributed by atoms with Crippen LogP contribution in [0.3, 0.4) is 0 Å². The molecule has 0 spiro atoms. The molecule has 24 heavy (non-hydrogen) atoms. The fraction of sp³-hybridized carbons (Fsp3) is 0.0588. The highest BCUT2D eigenvalue weighted by Gasteiger charge is 2.11. The number of methoxy groups -OCH3 is 1. The van der Waals surface area contributed by atoms with E-state index in [9.17, 15) is 4.79 Å². The fourth-order valence-corrected chi connectivity index (χ4v) is 2.51. The number of pyridine rings is 1.